The molecule has 2 N–H and O–H groups in total. The molecule has 1 aliphatic rings. The third-order valence-electron chi connectivity index (χ3n) is 4.75. The Bertz CT molecular complexity index is 1040. The number of rotatable bonds is 3. The molecule has 0 bridgehead atoms. The summed E-state index contributed by atoms with van der Waals surface area (Å²) in [5, 5.41) is 14.5. The van der Waals surface area contributed by atoms with E-state index in [1.807, 2.05) is 36.4 Å². The van der Waals surface area contributed by atoms with Gasteiger partial charge in [-0.05, 0) is 53.6 Å². The molecule has 3 nitrogen and oxygen atoms in total. The summed E-state index contributed by atoms with van der Waals surface area (Å²) in [6, 6.07) is 19.0. The Kier molecular flexibility index (Phi) is 5.49. The van der Waals surface area contributed by atoms with Gasteiger partial charge in [0, 0.05) is 33.2 Å². The SMILES string of the molecule is Oc1ccc(Br)cc1[C@H]1CC(c2ccc(Cl)cc2)=N[C@@H](c2cccc(F)c2)N1. The lowest BCUT2D eigenvalue weighted by atomic mass is 9.93. The van der Waals surface area contributed by atoms with Crippen LogP contribution in [0.5, 0.6) is 5.75 Å². The Balaban J connectivity index is 1.77. The van der Waals surface area contributed by atoms with Crippen LogP contribution in [0.1, 0.15) is 35.3 Å². The third kappa shape index (κ3) is 4.12. The minimum atomic E-state index is -0.432. The number of aliphatic imine (C=N–C) groups is 1. The molecule has 0 unspecified atom stereocenters. The first kappa shape index (κ1) is 19.1. The predicted octanol–water partition coefficient (Wildman–Crippen LogP) is 6.17. The van der Waals surface area contributed by atoms with Crippen LogP contribution in [0.2, 0.25) is 5.02 Å². The van der Waals surface area contributed by atoms with Crippen LogP contribution >= 0.6 is 27.5 Å². The highest BCUT2D eigenvalue weighted by Gasteiger charge is 2.28. The lowest BCUT2D eigenvalue weighted by molar-refractivity contribution is 0.411. The summed E-state index contributed by atoms with van der Waals surface area (Å²) in [5.74, 6) is -0.106. The second kappa shape index (κ2) is 8.03. The third-order valence-corrected chi connectivity index (χ3v) is 5.49. The highest BCUT2D eigenvalue weighted by atomic mass is 79.9. The number of halogens is 3. The van der Waals surface area contributed by atoms with Gasteiger partial charge < -0.3 is 5.11 Å². The van der Waals surface area contributed by atoms with Gasteiger partial charge in [-0.1, -0.05) is 51.8 Å². The first-order valence-electron chi connectivity index (χ1n) is 8.82. The molecule has 0 fully saturated rings. The quantitative estimate of drug-likeness (QED) is 0.492. The van der Waals surface area contributed by atoms with E-state index in [4.69, 9.17) is 16.6 Å². The maximum Gasteiger partial charge on any atom is 0.126 e. The van der Waals surface area contributed by atoms with E-state index in [0.717, 1.165) is 26.9 Å². The van der Waals surface area contributed by atoms with Crippen LogP contribution in [-0.4, -0.2) is 10.8 Å². The Morgan fingerprint density at radius 1 is 1.07 bits per heavy atom. The molecule has 0 aliphatic carbocycles. The van der Waals surface area contributed by atoms with E-state index in [2.05, 4.69) is 21.2 Å². The standard InChI is InChI=1S/C22H17BrClFN2O/c23-15-6-9-21(28)18(11-15)20-12-19(13-4-7-16(24)8-5-13)26-22(27-20)14-2-1-3-17(25)10-14/h1-11,20,22,27-28H,12H2/t20-,22-/m1/s1. The Hall–Kier alpha value is -2.21. The van der Waals surface area contributed by atoms with E-state index in [9.17, 15) is 9.50 Å². The van der Waals surface area contributed by atoms with Crippen LogP contribution in [0, 0.1) is 5.82 Å². The second-order valence-corrected chi connectivity index (χ2v) is 8.02. The van der Waals surface area contributed by atoms with E-state index in [1.165, 1.54) is 12.1 Å². The number of nitrogens with zero attached hydrogens (tertiary/aromatic N) is 1. The molecule has 0 radical (unpaired) electrons. The van der Waals surface area contributed by atoms with Crippen LogP contribution in [0.25, 0.3) is 0 Å². The fourth-order valence-corrected chi connectivity index (χ4v) is 3.88. The van der Waals surface area contributed by atoms with Crippen molar-refractivity contribution in [3.8, 4) is 5.75 Å². The monoisotopic (exact) mass is 458 g/mol. The molecule has 0 saturated heterocycles. The van der Waals surface area contributed by atoms with E-state index in [1.54, 1.807) is 18.2 Å². The van der Waals surface area contributed by atoms with Gasteiger partial charge in [0.25, 0.3) is 0 Å². The van der Waals surface area contributed by atoms with Crippen molar-refractivity contribution < 1.29 is 9.50 Å². The molecule has 0 amide bonds. The second-order valence-electron chi connectivity index (χ2n) is 6.67. The normalized spacial score (nSPS) is 19.3. The van der Waals surface area contributed by atoms with Crippen molar-refractivity contribution in [2.45, 2.75) is 18.6 Å². The highest BCUT2D eigenvalue weighted by molar-refractivity contribution is 9.10. The minimum Gasteiger partial charge on any atom is -0.508 e. The van der Waals surface area contributed by atoms with Crippen LogP contribution < -0.4 is 5.32 Å². The lowest BCUT2D eigenvalue weighted by Gasteiger charge is -2.31. The van der Waals surface area contributed by atoms with Gasteiger partial charge in [-0.2, -0.15) is 0 Å². The highest BCUT2D eigenvalue weighted by Crippen LogP contribution is 2.36. The summed E-state index contributed by atoms with van der Waals surface area (Å²) < 4.78 is 14.7. The molecule has 142 valence electrons. The number of phenolic OH excluding ortho intramolecular Hbond substituents is 1. The number of nitrogens with one attached hydrogen (secondary N) is 1. The van der Waals surface area contributed by atoms with Crippen molar-refractivity contribution in [2.75, 3.05) is 0 Å². The number of aromatic hydroxyl groups is 1. The van der Waals surface area contributed by atoms with Gasteiger partial charge >= 0.3 is 0 Å². The summed E-state index contributed by atoms with van der Waals surface area (Å²) in [6.07, 6.45) is 0.149. The first-order valence-corrected chi connectivity index (χ1v) is 9.99. The van der Waals surface area contributed by atoms with Crippen LogP contribution in [0.3, 0.4) is 0 Å². The van der Waals surface area contributed by atoms with E-state index < -0.39 is 6.17 Å². The average Bonchev–Trinajstić information content (AvgIpc) is 2.70. The molecule has 1 heterocycles. The van der Waals surface area contributed by atoms with Crippen molar-refractivity contribution in [3.63, 3.8) is 0 Å². The average molecular weight is 460 g/mol. The summed E-state index contributed by atoms with van der Waals surface area (Å²) >= 11 is 9.49. The fraction of sp³-hybridized carbons (Fsp3) is 0.136. The topological polar surface area (TPSA) is 44.6 Å². The summed E-state index contributed by atoms with van der Waals surface area (Å²) in [6.45, 7) is 0. The lowest BCUT2D eigenvalue weighted by Crippen LogP contribution is -2.33. The maximum atomic E-state index is 13.8. The van der Waals surface area contributed by atoms with Gasteiger partial charge in [0.1, 0.15) is 17.7 Å². The van der Waals surface area contributed by atoms with Crippen LogP contribution in [0.4, 0.5) is 4.39 Å². The van der Waals surface area contributed by atoms with Crippen molar-refractivity contribution in [1.82, 2.24) is 5.32 Å². The molecule has 28 heavy (non-hydrogen) atoms. The first-order chi connectivity index (χ1) is 13.5. The molecular formula is C22H17BrClFN2O. The molecule has 4 rings (SSSR count). The van der Waals surface area contributed by atoms with Gasteiger partial charge in [-0.15, -0.1) is 0 Å². The van der Waals surface area contributed by atoms with Gasteiger partial charge in [-0.3, -0.25) is 10.3 Å². The zero-order valence-corrected chi connectivity index (χ0v) is 17.1. The molecule has 0 spiro atoms. The van der Waals surface area contributed by atoms with Crippen molar-refractivity contribution in [1.29, 1.82) is 0 Å². The molecule has 1 aliphatic heterocycles. The van der Waals surface area contributed by atoms with E-state index >= 15 is 0 Å². The predicted molar refractivity (Wildman–Crippen MR) is 113 cm³/mol. The largest absolute Gasteiger partial charge is 0.508 e. The molecular weight excluding hydrogens is 443 g/mol. The summed E-state index contributed by atoms with van der Waals surface area (Å²) in [7, 11) is 0. The Morgan fingerprint density at radius 2 is 1.86 bits per heavy atom. The van der Waals surface area contributed by atoms with E-state index in [0.29, 0.717) is 11.4 Å². The smallest absolute Gasteiger partial charge is 0.126 e. The Morgan fingerprint density at radius 3 is 2.61 bits per heavy atom. The molecule has 3 aromatic rings. The molecule has 6 heteroatoms. The van der Waals surface area contributed by atoms with Gasteiger partial charge in [0.05, 0.1) is 0 Å². The van der Waals surface area contributed by atoms with Gasteiger partial charge in [-0.25, -0.2) is 4.39 Å². The van der Waals surface area contributed by atoms with Gasteiger partial charge in [0.2, 0.25) is 0 Å². The number of benzene rings is 3. The molecule has 2 atom stereocenters. The van der Waals surface area contributed by atoms with Crippen molar-refractivity contribution in [3.05, 3.63) is 98.7 Å². The summed E-state index contributed by atoms with van der Waals surface area (Å²) in [4.78, 5) is 4.82. The Labute approximate surface area is 176 Å². The number of hydrogen-bond donors (Lipinski definition) is 2. The van der Waals surface area contributed by atoms with Crippen molar-refractivity contribution in [2.24, 2.45) is 4.99 Å². The molecule has 0 aromatic heterocycles. The zero-order chi connectivity index (χ0) is 19.7. The summed E-state index contributed by atoms with van der Waals surface area (Å²) in [5.41, 5.74) is 3.31. The van der Waals surface area contributed by atoms with Gasteiger partial charge in [0.15, 0.2) is 0 Å². The fourth-order valence-electron chi connectivity index (χ4n) is 3.37. The molecule has 3 aromatic carbocycles. The number of phenols is 1. The van der Waals surface area contributed by atoms with Crippen molar-refractivity contribution >= 4 is 33.2 Å². The van der Waals surface area contributed by atoms with Crippen LogP contribution in [-0.2, 0) is 0 Å². The maximum absolute atomic E-state index is 13.8. The van der Waals surface area contributed by atoms with E-state index in [-0.39, 0.29) is 17.6 Å². The molecule has 0 saturated carbocycles. The zero-order valence-electron chi connectivity index (χ0n) is 14.7. The number of hydrogen-bond acceptors (Lipinski definition) is 3. The minimum absolute atomic E-state index is 0.186. The van der Waals surface area contributed by atoms with Crippen LogP contribution in [0.15, 0.2) is 76.2 Å².